The fraction of sp³-hybridized carbons (Fsp3) is 0.304. The van der Waals surface area contributed by atoms with Crippen molar-refractivity contribution < 1.29 is 21.2 Å². The summed E-state index contributed by atoms with van der Waals surface area (Å²) >= 11 is 6.34. The first kappa shape index (κ1) is 25.0. The molecule has 9 nitrogen and oxygen atoms in total. The number of fused-ring (bicyclic) bond motifs is 1. The molecule has 0 radical (unpaired) electrons. The van der Waals surface area contributed by atoms with Crippen LogP contribution in [0.5, 0.6) is 11.5 Å². The molecule has 0 unspecified atom stereocenters. The van der Waals surface area contributed by atoms with Crippen LogP contribution in [0.2, 0.25) is 5.02 Å². The first-order valence-corrected chi connectivity index (χ1v) is 12.4. The van der Waals surface area contributed by atoms with Crippen LogP contribution in [-0.4, -0.2) is 44.0 Å². The quantitative estimate of drug-likeness (QED) is 0.423. The average Bonchev–Trinajstić information content (AvgIpc) is 2.76. The van der Waals surface area contributed by atoms with Crippen molar-refractivity contribution in [2.24, 2.45) is 0 Å². The Morgan fingerprint density at radius 3 is 2.49 bits per heavy atom. The summed E-state index contributed by atoms with van der Waals surface area (Å²) in [5, 5.41) is 6.64. The number of aryl methyl sites for hydroxylation is 2. The number of ether oxygens (including phenoxy) is 1. The van der Waals surface area contributed by atoms with Crippen LogP contribution in [0.1, 0.15) is 22.3 Å². The molecular weight excluding hydrogens is 497 g/mol. The van der Waals surface area contributed by atoms with Gasteiger partial charge in [-0.3, -0.25) is 0 Å². The molecule has 0 atom stereocenters. The number of aromatic nitrogens is 2. The highest BCUT2D eigenvalue weighted by Gasteiger charge is 2.18. The standard InChI is InChI=1S/C23H25ClFN5O4S/c1-13-7-17(34-35(25,31)32)8-14(2)21(13)28-22-18(24)11-26-23(29-22)27-19-9-16-12-30(3)6-5-15(16)10-20(19)33-4/h7-11H,5-6,12H2,1-4H3,(H2,26,27,28,29). The van der Waals surface area contributed by atoms with Gasteiger partial charge < -0.3 is 24.5 Å². The summed E-state index contributed by atoms with van der Waals surface area (Å²) in [4.78, 5) is 11.1. The second kappa shape index (κ2) is 9.84. The summed E-state index contributed by atoms with van der Waals surface area (Å²) in [5.74, 6) is 1.19. The van der Waals surface area contributed by atoms with Crippen LogP contribution in [-0.2, 0) is 23.5 Å². The predicted molar refractivity (Wildman–Crippen MR) is 133 cm³/mol. The average molecular weight is 522 g/mol. The lowest BCUT2D eigenvalue weighted by Crippen LogP contribution is -2.26. The van der Waals surface area contributed by atoms with E-state index in [2.05, 4.69) is 36.7 Å². The molecule has 0 bridgehead atoms. The number of nitrogens with zero attached hydrogens (tertiary/aromatic N) is 3. The van der Waals surface area contributed by atoms with E-state index >= 15 is 0 Å². The molecule has 1 aromatic heterocycles. The lowest BCUT2D eigenvalue weighted by Gasteiger charge is -2.26. The molecule has 1 aliphatic rings. The molecule has 4 rings (SSSR count). The third-order valence-electron chi connectivity index (χ3n) is 5.66. The molecule has 0 fully saturated rings. The van der Waals surface area contributed by atoms with Crippen LogP contribution in [0.25, 0.3) is 0 Å². The van der Waals surface area contributed by atoms with Crippen molar-refractivity contribution in [3.05, 3.63) is 57.7 Å². The van der Waals surface area contributed by atoms with E-state index in [1.54, 1.807) is 21.0 Å². The Balaban J connectivity index is 1.62. The molecule has 12 heteroatoms. The van der Waals surface area contributed by atoms with Gasteiger partial charge in [-0.1, -0.05) is 15.5 Å². The predicted octanol–water partition coefficient (Wildman–Crippen LogP) is 4.82. The van der Waals surface area contributed by atoms with Gasteiger partial charge in [0.1, 0.15) is 16.5 Å². The van der Waals surface area contributed by atoms with Gasteiger partial charge in [0.05, 0.1) is 19.0 Å². The highest BCUT2D eigenvalue weighted by atomic mass is 35.5. The van der Waals surface area contributed by atoms with Crippen LogP contribution in [0.4, 0.5) is 27.0 Å². The van der Waals surface area contributed by atoms with E-state index in [1.807, 2.05) is 12.1 Å². The lowest BCUT2D eigenvalue weighted by molar-refractivity contribution is 0.312. The number of likely N-dealkylation sites (N-methyl/N-ethyl adjacent to an activating group) is 1. The van der Waals surface area contributed by atoms with Crippen molar-refractivity contribution in [1.82, 2.24) is 14.9 Å². The summed E-state index contributed by atoms with van der Waals surface area (Å²) in [5.41, 5.74) is 5.02. The number of methoxy groups -OCH3 is 1. The van der Waals surface area contributed by atoms with E-state index in [0.717, 1.165) is 25.2 Å². The number of benzene rings is 2. The minimum absolute atomic E-state index is 0.130. The molecular formula is C23H25ClFN5O4S. The monoisotopic (exact) mass is 521 g/mol. The van der Waals surface area contributed by atoms with Gasteiger partial charge in [0, 0.05) is 18.8 Å². The second-order valence-electron chi connectivity index (χ2n) is 8.36. The smallest absolute Gasteiger partial charge is 0.488 e. The summed E-state index contributed by atoms with van der Waals surface area (Å²) < 4.78 is 44.5. The number of halogens is 2. The number of anilines is 4. The minimum Gasteiger partial charge on any atom is -0.495 e. The van der Waals surface area contributed by atoms with Gasteiger partial charge in [-0.25, -0.2) is 4.98 Å². The van der Waals surface area contributed by atoms with E-state index in [0.29, 0.717) is 34.3 Å². The van der Waals surface area contributed by atoms with E-state index < -0.39 is 10.5 Å². The van der Waals surface area contributed by atoms with Crippen molar-refractivity contribution in [2.75, 3.05) is 31.3 Å². The van der Waals surface area contributed by atoms with Gasteiger partial charge in [0.2, 0.25) is 5.95 Å². The second-order valence-corrected chi connectivity index (χ2v) is 9.72. The Morgan fingerprint density at radius 1 is 1.11 bits per heavy atom. The van der Waals surface area contributed by atoms with E-state index in [-0.39, 0.29) is 10.8 Å². The van der Waals surface area contributed by atoms with Crippen molar-refractivity contribution >= 4 is 45.2 Å². The van der Waals surface area contributed by atoms with Crippen LogP contribution < -0.4 is 19.6 Å². The molecule has 0 aliphatic carbocycles. The Bertz CT molecular complexity index is 1360. The third kappa shape index (κ3) is 5.92. The lowest BCUT2D eigenvalue weighted by atomic mass is 9.99. The van der Waals surface area contributed by atoms with Crippen molar-refractivity contribution in [3.63, 3.8) is 0 Å². The zero-order valence-corrected chi connectivity index (χ0v) is 21.2. The Kier molecular flexibility index (Phi) is 7.02. The zero-order chi connectivity index (χ0) is 25.3. The fourth-order valence-electron chi connectivity index (χ4n) is 4.03. The first-order valence-electron chi connectivity index (χ1n) is 10.7. The molecule has 0 saturated carbocycles. The summed E-state index contributed by atoms with van der Waals surface area (Å²) in [6.45, 7) is 5.27. The van der Waals surface area contributed by atoms with Crippen molar-refractivity contribution in [1.29, 1.82) is 0 Å². The number of hydrogen-bond donors (Lipinski definition) is 2. The van der Waals surface area contributed by atoms with Crippen LogP contribution in [0.3, 0.4) is 0 Å². The van der Waals surface area contributed by atoms with Gasteiger partial charge >= 0.3 is 10.5 Å². The molecule has 1 aliphatic heterocycles. The van der Waals surface area contributed by atoms with E-state index in [4.69, 9.17) is 16.3 Å². The minimum atomic E-state index is -5.12. The fourth-order valence-corrected chi connectivity index (χ4v) is 4.50. The maximum Gasteiger partial charge on any atom is 0.488 e. The van der Waals surface area contributed by atoms with E-state index in [1.165, 1.54) is 29.5 Å². The Hall–Kier alpha value is -3.15. The number of rotatable bonds is 7. The summed E-state index contributed by atoms with van der Waals surface area (Å²) in [6.07, 6.45) is 2.42. The maximum absolute atomic E-state index is 12.9. The third-order valence-corrected chi connectivity index (χ3v) is 6.33. The van der Waals surface area contributed by atoms with Crippen LogP contribution in [0.15, 0.2) is 30.5 Å². The summed E-state index contributed by atoms with van der Waals surface area (Å²) in [6, 6.07) is 6.87. The number of nitrogens with one attached hydrogen (secondary N) is 2. The number of hydrogen-bond acceptors (Lipinski definition) is 9. The molecule has 186 valence electrons. The molecule has 2 heterocycles. The van der Waals surface area contributed by atoms with E-state index in [9.17, 15) is 12.3 Å². The van der Waals surface area contributed by atoms with Crippen LogP contribution >= 0.6 is 11.6 Å². The Labute approximate surface area is 208 Å². The SMILES string of the molecule is COc1cc2c(cc1Nc1ncc(Cl)c(Nc3c(C)cc(OS(=O)(=O)F)cc3C)n1)CN(C)CC2. The van der Waals surface area contributed by atoms with Gasteiger partial charge in [-0.15, -0.1) is 0 Å². The zero-order valence-electron chi connectivity index (χ0n) is 19.6. The molecule has 0 saturated heterocycles. The summed E-state index contributed by atoms with van der Waals surface area (Å²) in [7, 11) is -1.42. The largest absolute Gasteiger partial charge is 0.495 e. The molecule has 2 N–H and O–H groups in total. The van der Waals surface area contributed by atoms with Crippen molar-refractivity contribution in [2.45, 2.75) is 26.8 Å². The molecule has 35 heavy (non-hydrogen) atoms. The van der Waals surface area contributed by atoms with Gasteiger partial charge in [-0.05, 0) is 73.8 Å². The highest BCUT2D eigenvalue weighted by molar-refractivity contribution is 7.81. The van der Waals surface area contributed by atoms with Gasteiger partial charge in [-0.2, -0.15) is 13.4 Å². The molecule has 2 aromatic carbocycles. The molecule has 0 amide bonds. The Morgan fingerprint density at radius 2 is 1.83 bits per heavy atom. The van der Waals surface area contributed by atoms with Gasteiger partial charge in [0.15, 0.2) is 5.82 Å². The molecule has 0 spiro atoms. The van der Waals surface area contributed by atoms with Crippen molar-refractivity contribution in [3.8, 4) is 11.5 Å². The topological polar surface area (TPSA) is 106 Å². The van der Waals surface area contributed by atoms with Crippen LogP contribution in [0, 0.1) is 13.8 Å². The van der Waals surface area contributed by atoms with Gasteiger partial charge in [0.25, 0.3) is 0 Å². The first-order chi connectivity index (χ1) is 16.5. The normalized spacial score (nSPS) is 13.8. The highest BCUT2D eigenvalue weighted by Crippen LogP contribution is 2.35. The maximum atomic E-state index is 12.9. The molecule has 3 aromatic rings.